The van der Waals surface area contributed by atoms with Gasteiger partial charge in [-0.1, -0.05) is 56.8 Å². The molecule has 0 saturated heterocycles. The quantitative estimate of drug-likeness (QED) is 0.616. The third kappa shape index (κ3) is 2.36. The molecular weight excluding hydrogens is 155 g/mol. The summed E-state index contributed by atoms with van der Waals surface area (Å²) in [6, 6.07) is 6.80. The van der Waals surface area contributed by atoms with Gasteiger partial charge in [0, 0.05) is 0 Å². The van der Waals surface area contributed by atoms with Crippen molar-refractivity contribution in [3.8, 4) is 0 Å². The third-order valence-electron chi connectivity index (χ3n) is 2.53. The van der Waals surface area contributed by atoms with Crippen LogP contribution in [0.5, 0.6) is 0 Å². The maximum absolute atomic E-state index is 2.33. The minimum absolute atomic E-state index is 0.635. The van der Waals surface area contributed by atoms with Gasteiger partial charge in [0.1, 0.15) is 7.28 Å². The Bertz CT molecular complexity index is 276. The van der Waals surface area contributed by atoms with Gasteiger partial charge in [0.05, 0.1) is 0 Å². The molecule has 0 heterocycles. The lowest BCUT2D eigenvalue weighted by Gasteiger charge is -2.10. The average Bonchev–Trinajstić information content (AvgIpc) is 2.16. The van der Waals surface area contributed by atoms with Crippen LogP contribution in [-0.4, -0.2) is 7.28 Å². The zero-order valence-electron chi connectivity index (χ0n) is 9.09. The van der Waals surface area contributed by atoms with Gasteiger partial charge in [-0.25, -0.2) is 0 Å². The first-order valence-electron chi connectivity index (χ1n) is 5.11. The third-order valence-corrected chi connectivity index (χ3v) is 2.53. The van der Waals surface area contributed by atoms with Crippen LogP contribution >= 0.6 is 0 Å². The molecule has 0 saturated carbocycles. The Hall–Kier alpha value is -0.715. The van der Waals surface area contributed by atoms with Crippen LogP contribution in [0.4, 0.5) is 0 Å². The summed E-state index contributed by atoms with van der Waals surface area (Å²) in [6.07, 6.45) is 1.13. The molecule has 69 valence electrons. The summed E-state index contributed by atoms with van der Waals surface area (Å²) in [4.78, 5) is 0. The van der Waals surface area contributed by atoms with Crippen molar-refractivity contribution in [1.82, 2.24) is 0 Å². The molecule has 1 radical (unpaired) electrons. The van der Waals surface area contributed by atoms with E-state index < -0.39 is 0 Å². The SMILES string of the molecule is C[B]c1ccc(C(C)C)cc1CC. The molecule has 0 aromatic heterocycles. The largest absolute Gasteiger partial charge is 0.148 e. The van der Waals surface area contributed by atoms with E-state index in [-0.39, 0.29) is 0 Å². The topological polar surface area (TPSA) is 0 Å². The molecule has 1 heteroatoms. The van der Waals surface area contributed by atoms with E-state index in [0.717, 1.165) is 6.42 Å². The van der Waals surface area contributed by atoms with E-state index in [2.05, 4.69) is 53.1 Å². The lowest BCUT2D eigenvalue weighted by atomic mass is 9.70. The molecule has 1 rings (SSSR count). The van der Waals surface area contributed by atoms with Gasteiger partial charge in [-0.05, 0) is 17.9 Å². The van der Waals surface area contributed by atoms with Crippen molar-refractivity contribution < 1.29 is 0 Å². The predicted octanol–water partition coefficient (Wildman–Crippen LogP) is 2.75. The van der Waals surface area contributed by atoms with E-state index in [1.165, 1.54) is 16.6 Å². The van der Waals surface area contributed by atoms with Crippen molar-refractivity contribution in [2.75, 3.05) is 0 Å². The van der Waals surface area contributed by atoms with Crippen LogP contribution in [0.3, 0.4) is 0 Å². The monoisotopic (exact) mass is 173 g/mol. The van der Waals surface area contributed by atoms with Crippen molar-refractivity contribution >= 4 is 12.7 Å². The molecule has 0 nitrogen and oxygen atoms in total. The Morgan fingerprint density at radius 2 is 2.00 bits per heavy atom. The number of rotatable bonds is 3. The molecule has 1 aromatic carbocycles. The summed E-state index contributed by atoms with van der Waals surface area (Å²) in [5.74, 6) is 0.635. The van der Waals surface area contributed by atoms with Crippen molar-refractivity contribution in [2.24, 2.45) is 0 Å². The summed E-state index contributed by atoms with van der Waals surface area (Å²) in [5, 5.41) is 0. The minimum atomic E-state index is 0.635. The highest BCUT2D eigenvalue weighted by molar-refractivity contribution is 6.52. The Labute approximate surface area is 82.6 Å². The zero-order valence-corrected chi connectivity index (χ0v) is 9.09. The van der Waals surface area contributed by atoms with Crippen LogP contribution in [0.15, 0.2) is 18.2 Å². The van der Waals surface area contributed by atoms with E-state index in [4.69, 9.17) is 0 Å². The summed E-state index contributed by atoms with van der Waals surface area (Å²) >= 11 is 0. The van der Waals surface area contributed by atoms with Gasteiger partial charge in [0.25, 0.3) is 0 Å². The van der Waals surface area contributed by atoms with Crippen LogP contribution in [0.2, 0.25) is 6.82 Å². The smallest absolute Gasteiger partial charge is 0.0872 e. The van der Waals surface area contributed by atoms with Gasteiger partial charge in [-0.2, -0.15) is 0 Å². The second-order valence-electron chi connectivity index (χ2n) is 3.76. The first kappa shape index (κ1) is 10.4. The highest BCUT2D eigenvalue weighted by atomic mass is 14.1. The van der Waals surface area contributed by atoms with Gasteiger partial charge in [0.15, 0.2) is 0 Å². The van der Waals surface area contributed by atoms with Crippen LogP contribution in [-0.2, 0) is 6.42 Å². The molecule has 0 aliphatic carbocycles. The van der Waals surface area contributed by atoms with Crippen LogP contribution in [0.1, 0.15) is 37.8 Å². The number of hydrogen-bond acceptors (Lipinski definition) is 0. The standard InChI is InChI=1S/C12H18B/c1-5-10-8-11(9(2)3)6-7-12(10)13-4/h6-9H,5H2,1-4H3. The highest BCUT2D eigenvalue weighted by Gasteiger charge is 2.03. The highest BCUT2D eigenvalue weighted by Crippen LogP contribution is 2.14. The van der Waals surface area contributed by atoms with Gasteiger partial charge in [-0.15, -0.1) is 0 Å². The lowest BCUT2D eigenvalue weighted by molar-refractivity contribution is 0.863. The average molecular weight is 173 g/mol. The zero-order chi connectivity index (χ0) is 9.84. The van der Waals surface area contributed by atoms with Gasteiger partial charge >= 0.3 is 0 Å². The van der Waals surface area contributed by atoms with Gasteiger partial charge in [-0.3, -0.25) is 0 Å². The van der Waals surface area contributed by atoms with Crippen molar-refractivity contribution in [2.45, 2.75) is 39.9 Å². The molecule has 0 unspecified atom stereocenters. The minimum Gasteiger partial charge on any atom is -0.0872 e. The molecule has 0 aliphatic heterocycles. The summed E-state index contributed by atoms with van der Waals surface area (Å²) in [7, 11) is 2.18. The Kier molecular flexibility index (Phi) is 3.59. The summed E-state index contributed by atoms with van der Waals surface area (Å²) in [6.45, 7) is 8.80. The summed E-state index contributed by atoms with van der Waals surface area (Å²) in [5.41, 5.74) is 4.29. The number of benzene rings is 1. The molecule has 0 N–H and O–H groups in total. The van der Waals surface area contributed by atoms with Crippen LogP contribution in [0, 0.1) is 0 Å². The van der Waals surface area contributed by atoms with E-state index in [1.54, 1.807) is 0 Å². The molecule has 0 amide bonds. The first-order valence-corrected chi connectivity index (χ1v) is 5.11. The molecular formula is C12H18B. The second kappa shape index (κ2) is 4.50. The fourth-order valence-electron chi connectivity index (χ4n) is 1.57. The maximum atomic E-state index is 2.33. The van der Waals surface area contributed by atoms with Crippen molar-refractivity contribution in [1.29, 1.82) is 0 Å². The van der Waals surface area contributed by atoms with E-state index in [1.807, 2.05) is 0 Å². The fourth-order valence-corrected chi connectivity index (χ4v) is 1.57. The summed E-state index contributed by atoms with van der Waals surface area (Å²) < 4.78 is 0. The van der Waals surface area contributed by atoms with Gasteiger partial charge < -0.3 is 0 Å². The van der Waals surface area contributed by atoms with Gasteiger partial charge in [0.2, 0.25) is 0 Å². The molecule has 0 spiro atoms. The lowest BCUT2D eigenvalue weighted by Crippen LogP contribution is -2.16. The molecule has 0 fully saturated rings. The second-order valence-corrected chi connectivity index (χ2v) is 3.76. The molecule has 0 bridgehead atoms. The molecule has 1 aromatic rings. The fraction of sp³-hybridized carbons (Fsp3) is 0.500. The van der Waals surface area contributed by atoms with E-state index >= 15 is 0 Å². The Morgan fingerprint density at radius 1 is 1.31 bits per heavy atom. The molecule has 13 heavy (non-hydrogen) atoms. The first-order chi connectivity index (χ1) is 6.19. The Balaban J connectivity index is 3.05. The molecule has 0 atom stereocenters. The van der Waals surface area contributed by atoms with Crippen molar-refractivity contribution in [3.05, 3.63) is 29.3 Å². The molecule has 0 aliphatic rings. The van der Waals surface area contributed by atoms with Crippen molar-refractivity contribution in [3.63, 3.8) is 0 Å². The normalized spacial score (nSPS) is 10.5. The number of aryl methyl sites for hydroxylation is 1. The Morgan fingerprint density at radius 3 is 2.46 bits per heavy atom. The van der Waals surface area contributed by atoms with Crippen LogP contribution in [0.25, 0.3) is 0 Å². The van der Waals surface area contributed by atoms with Crippen LogP contribution < -0.4 is 5.46 Å². The maximum Gasteiger partial charge on any atom is 0.148 e. The number of hydrogen-bond donors (Lipinski definition) is 0. The van der Waals surface area contributed by atoms with E-state index in [0.29, 0.717) is 5.92 Å². The van der Waals surface area contributed by atoms with E-state index in [9.17, 15) is 0 Å². The predicted molar refractivity (Wildman–Crippen MR) is 61.2 cm³/mol.